The summed E-state index contributed by atoms with van der Waals surface area (Å²) in [6.45, 7) is 0.980. The fraction of sp³-hybridized carbons (Fsp3) is 0.286. The third-order valence-corrected chi connectivity index (χ3v) is 2.65. The van der Waals surface area contributed by atoms with Crippen LogP contribution in [0.5, 0.6) is 0 Å². The van der Waals surface area contributed by atoms with Crippen molar-refractivity contribution in [3.63, 3.8) is 0 Å². The molecule has 1 N–H and O–H groups in total. The number of esters is 1. The van der Waals surface area contributed by atoms with Crippen LogP contribution in [0.1, 0.15) is 12.5 Å². The minimum Gasteiger partial charge on any atom is -0.457 e. The number of nitrogens with one attached hydrogen (secondary N) is 1. The SMILES string of the molecule is CNC(C)=C(C(=O)OCc1ccccc1)C(=O)C(F)(F)F. The number of alkyl halides is 3. The molecule has 1 rings (SSSR count). The fourth-order valence-electron chi connectivity index (χ4n) is 1.48. The second-order valence-corrected chi connectivity index (χ2v) is 4.14. The van der Waals surface area contributed by atoms with Gasteiger partial charge >= 0.3 is 12.1 Å². The van der Waals surface area contributed by atoms with Gasteiger partial charge in [-0.15, -0.1) is 0 Å². The molecular formula is C14H14F3NO3. The van der Waals surface area contributed by atoms with Crippen molar-refractivity contribution in [2.45, 2.75) is 19.7 Å². The maximum Gasteiger partial charge on any atom is 0.455 e. The van der Waals surface area contributed by atoms with Gasteiger partial charge in [0.15, 0.2) is 0 Å². The molecular weight excluding hydrogens is 287 g/mol. The number of hydrogen-bond acceptors (Lipinski definition) is 4. The first-order chi connectivity index (χ1) is 9.77. The molecule has 1 aromatic rings. The molecule has 0 bridgehead atoms. The predicted molar refractivity (Wildman–Crippen MR) is 69.1 cm³/mol. The van der Waals surface area contributed by atoms with Gasteiger partial charge in [-0.3, -0.25) is 4.79 Å². The van der Waals surface area contributed by atoms with E-state index in [9.17, 15) is 22.8 Å². The molecule has 0 spiro atoms. The Kier molecular flexibility index (Phi) is 5.52. The molecule has 1 aromatic carbocycles. The average Bonchev–Trinajstić information content (AvgIpc) is 2.45. The summed E-state index contributed by atoms with van der Waals surface area (Å²) in [7, 11) is 1.31. The molecule has 0 heterocycles. The summed E-state index contributed by atoms with van der Waals surface area (Å²) in [6, 6.07) is 8.43. The minimum absolute atomic E-state index is 0.199. The van der Waals surface area contributed by atoms with Gasteiger partial charge in [-0.05, 0) is 12.5 Å². The van der Waals surface area contributed by atoms with E-state index in [2.05, 4.69) is 5.32 Å². The van der Waals surface area contributed by atoms with Gasteiger partial charge in [0.1, 0.15) is 12.2 Å². The van der Waals surface area contributed by atoms with E-state index >= 15 is 0 Å². The first kappa shape index (κ1) is 16.7. The topological polar surface area (TPSA) is 55.4 Å². The lowest BCUT2D eigenvalue weighted by Gasteiger charge is -2.12. The molecule has 0 aliphatic heterocycles. The zero-order chi connectivity index (χ0) is 16.0. The van der Waals surface area contributed by atoms with Gasteiger partial charge in [0, 0.05) is 12.7 Å². The van der Waals surface area contributed by atoms with E-state index in [1.165, 1.54) is 14.0 Å². The molecule has 21 heavy (non-hydrogen) atoms. The van der Waals surface area contributed by atoms with Crippen LogP contribution in [0.25, 0.3) is 0 Å². The van der Waals surface area contributed by atoms with Gasteiger partial charge in [0.2, 0.25) is 0 Å². The van der Waals surface area contributed by atoms with Crippen LogP contribution < -0.4 is 5.32 Å². The molecule has 0 fully saturated rings. The normalized spacial score (nSPS) is 12.4. The number of carbonyl (C=O) groups is 2. The number of allylic oxidation sites excluding steroid dienone is 1. The zero-order valence-corrected chi connectivity index (χ0v) is 11.5. The summed E-state index contributed by atoms with van der Waals surface area (Å²) in [6.07, 6.45) is -5.14. The fourth-order valence-corrected chi connectivity index (χ4v) is 1.48. The predicted octanol–water partition coefficient (Wildman–Crippen LogP) is 2.35. The Balaban J connectivity index is 2.91. The Bertz CT molecular complexity index is 550. The maximum atomic E-state index is 12.5. The molecule has 7 heteroatoms. The Morgan fingerprint density at radius 2 is 1.76 bits per heavy atom. The number of ketones is 1. The molecule has 0 radical (unpaired) electrons. The van der Waals surface area contributed by atoms with Crippen LogP contribution in [-0.4, -0.2) is 25.0 Å². The highest BCUT2D eigenvalue weighted by Gasteiger charge is 2.44. The maximum absolute atomic E-state index is 12.5. The Morgan fingerprint density at radius 1 is 1.19 bits per heavy atom. The summed E-state index contributed by atoms with van der Waals surface area (Å²) in [5, 5.41) is 2.36. The standard InChI is InChI=1S/C14H14F3NO3/c1-9(18-2)11(12(19)14(15,16)17)13(20)21-8-10-6-4-3-5-7-10/h3-7,18H,8H2,1-2H3. The molecule has 0 aromatic heterocycles. The quantitative estimate of drug-likeness (QED) is 0.392. The number of ether oxygens (including phenoxy) is 1. The second kappa shape index (κ2) is 6.92. The molecule has 0 aliphatic carbocycles. The third kappa shape index (κ3) is 4.62. The summed E-state index contributed by atoms with van der Waals surface area (Å²) in [4.78, 5) is 23.1. The number of benzene rings is 1. The number of rotatable bonds is 5. The lowest BCUT2D eigenvalue weighted by molar-refractivity contribution is -0.169. The molecule has 114 valence electrons. The lowest BCUT2D eigenvalue weighted by Crippen LogP contribution is -2.31. The van der Waals surface area contributed by atoms with Crippen molar-refractivity contribution in [1.29, 1.82) is 0 Å². The van der Waals surface area contributed by atoms with Crippen molar-refractivity contribution in [2.75, 3.05) is 7.05 Å². The Morgan fingerprint density at radius 3 is 2.24 bits per heavy atom. The molecule has 4 nitrogen and oxygen atoms in total. The first-order valence-corrected chi connectivity index (χ1v) is 5.98. The largest absolute Gasteiger partial charge is 0.457 e. The molecule has 0 unspecified atom stereocenters. The lowest BCUT2D eigenvalue weighted by atomic mass is 10.1. The van der Waals surface area contributed by atoms with E-state index in [-0.39, 0.29) is 12.3 Å². The van der Waals surface area contributed by atoms with E-state index in [1.807, 2.05) is 0 Å². The molecule has 0 saturated carbocycles. The van der Waals surface area contributed by atoms with Gasteiger partial charge < -0.3 is 10.1 Å². The van der Waals surface area contributed by atoms with Crippen LogP contribution in [-0.2, 0) is 20.9 Å². The van der Waals surface area contributed by atoms with Crippen molar-refractivity contribution in [3.8, 4) is 0 Å². The Labute approximate surface area is 119 Å². The second-order valence-electron chi connectivity index (χ2n) is 4.14. The summed E-state index contributed by atoms with van der Waals surface area (Å²) in [5.41, 5.74) is -0.636. The monoisotopic (exact) mass is 301 g/mol. The average molecular weight is 301 g/mol. The van der Waals surface area contributed by atoms with E-state index in [4.69, 9.17) is 4.74 Å². The van der Waals surface area contributed by atoms with Crippen LogP contribution in [0, 0.1) is 0 Å². The number of hydrogen-bond donors (Lipinski definition) is 1. The van der Waals surface area contributed by atoms with E-state index in [1.54, 1.807) is 30.3 Å². The van der Waals surface area contributed by atoms with E-state index < -0.39 is 23.5 Å². The highest BCUT2D eigenvalue weighted by atomic mass is 19.4. The van der Waals surface area contributed by atoms with Gasteiger partial charge in [0.25, 0.3) is 5.78 Å². The van der Waals surface area contributed by atoms with Crippen LogP contribution in [0.15, 0.2) is 41.6 Å². The van der Waals surface area contributed by atoms with E-state index in [0.29, 0.717) is 5.56 Å². The Hall–Kier alpha value is -2.31. The van der Waals surface area contributed by atoms with Crippen molar-refractivity contribution in [2.24, 2.45) is 0 Å². The molecule has 0 atom stereocenters. The highest BCUT2D eigenvalue weighted by molar-refractivity contribution is 6.19. The van der Waals surface area contributed by atoms with Crippen LogP contribution >= 0.6 is 0 Å². The van der Waals surface area contributed by atoms with Gasteiger partial charge in [0.05, 0.1) is 0 Å². The smallest absolute Gasteiger partial charge is 0.455 e. The number of halogens is 3. The molecule has 0 amide bonds. The number of Topliss-reactive ketones (excluding diaryl/α,β-unsaturated/α-hetero) is 1. The van der Waals surface area contributed by atoms with Crippen LogP contribution in [0.3, 0.4) is 0 Å². The summed E-state index contributed by atoms with van der Waals surface area (Å²) >= 11 is 0. The van der Waals surface area contributed by atoms with Gasteiger partial charge in [-0.2, -0.15) is 13.2 Å². The summed E-state index contributed by atoms with van der Waals surface area (Å²) < 4.78 is 42.3. The van der Waals surface area contributed by atoms with Gasteiger partial charge in [-0.1, -0.05) is 30.3 Å². The highest BCUT2D eigenvalue weighted by Crippen LogP contribution is 2.23. The van der Waals surface area contributed by atoms with Crippen molar-refractivity contribution < 1.29 is 27.5 Å². The van der Waals surface area contributed by atoms with Crippen LogP contribution in [0.4, 0.5) is 13.2 Å². The molecule has 0 aliphatic rings. The van der Waals surface area contributed by atoms with Crippen LogP contribution in [0.2, 0.25) is 0 Å². The number of carbonyl (C=O) groups excluding carboxylic acids is 2. The third-order valence-electron chi connectivity index (χ3n) is 2.65. The summed E-state index contributed by atoms with van der Waals surface area (Å²) in [5.74, 6) is -3.54. The van der Waals surface area contributed by atoms with Crippen molar-refractivity contribution in [3.05, 3.63) is 47.2 Å². The first-order valence-electron chi connectivity index (χ1n) is 5.98. The zero-order valence-electron chi connectivity index (χ0n) is 11.5. The minimum atomic E-state index is -5.14. The van der Waals surface area contributed by atoms with E-state index in [0.717, 1.165) is 0 Å². The van der Waals surface area contributed by atoms with Gasteiger partial charge in [-0.25, -0.2) is 4.79 Å². The van der Waals surface area contributed by atoms with Crippen molar-refractivity contribution >= 4 is 11.8 Å². The molecule has 0 saturated heterocycles. The van der Waals surface area contributed by atoms with Crippen molar-refractivity contribution in [1.82, 2.24) is 5.32 Å².